The molecular weight excluding hydrogens is 334 g/mol. The lowest BCUT2D eigenvalue weighted by atomic mass is 9.97. The van der Waals surface area contributed by atoms with E-state index in [9.17, 15) is 9.59 Å². The molecule has 0 unspecified atom stereocenters. The van der Waals surface area contributed by atoms with Gasteiger partial charge in [-0.15, -0.1) is 0 Å². The van der Waals surface area contributed by atoms with Crippen molar-refractivity contribution < 1.29 is 19.1 Å². The molecule has 144 valence electrons. The Hall–Kier alpha value is -2.44. The predicted octanol–water partition coefficient (Wildman–Crippen LogP) is 2.22. The van der Waals surface area contributed by atoms with E-state index in [-0.39, 0.29) is 17.4 Å². The number of hydrogen-bond donors (Lipinski definition) is 1. The summed E-state index contributed by atoms with van der Waals surface area (Å²) < 4.78 is 10.5. The van der Waals surface area contributed by atoms with Crippen molar-refractivity contribution in [1.29, 1.82) is 0 Å². The number of urea groups is 1. The maximum Gasteiger partial charge on any atom is 0.317 e. The Morgan fingerprint density at radius 2 is 1.65 bits per heavy atom. The van der Waals surface area contributed by atoms with Crippen molar-refractivity contribution in [2.75, 3.05) is 46.9 Å². The maximum absolute atomic E-state index is 12.9. The topological polar surface area (TPSA) is 71.1 Å². The molecule has 1 aromatic rings. The summed E-state index contributed by atoms with van der Waals surface area (Å²) >= 11 is 0. The van der Waals surface area contributed by atoms with Gasteiger partial charge in [0.25, 0.3) is 5.91 Å². The van der Waals surface area contributed by atoms with E-state index in [0.717, 1.165) is 0 Å². The van der Waals surface area contributed by atoms with Gasteiger partial charge in [0.2, 0.25) is 0 Å². The molecule has 0 radical (unpaired) electrons. The van der Waals surface area contributed by atoms with Crippen LogP contribution in [0.1, 0.15) is 31.1 Å². The van der Waals surface area contributed by atoms with Gasteiger partial charge in [-0.1, -0.05) is 20.8 Å². The quantitative estimate of drug-likeness (QED) is 0.890. The van der Waals surface area contributed by atoms with Gasteiger partial charge in [-0.3, -0.25) is 4.79 Å². The number of methoxy groups -OCH3 is 2. The summed E-state index contributed by atoms with van der Waals surface area (Å²) in [6.07, 6.45) is 0. The van der Waals surface area contributed by atoms with Gasteiger partial charge in [0, 0.05) is 32.7 Å². The lowest BCUT2D eigenvalue weighted by Gasteiger charge is -2.35. The number of hydrogen-bond acceptors (Lipinski definition) is 4. The number of amides is 3. The zero-order chi connectivity index (χ0) is 19.3. The number of benzene rings is 1. The molecule has 1 fully saturated rings. The van der Waals surface area contributed by atoms with Crippen LogP contribution < -0.4 is 14.8 Å². The minimum atomic E-state index is -0.115. The summed E-state index contributed by atoms with van der Waals surface area (Å²) in [5, 5.41) is 2.95. The molecule has 1 heterocycles. The largest absolute Gasteiger partial charge is 0.497 e. The van der Waals surface area contributed by atoms with E-state index in [1.165, 1.54) is 7.11 Å². The molecule has 2 rings (SSSR count). The van der Waals surface area contributed by atoms with Gasteiger partial charge in [-0.25, -0.2) is 4.79 Å². The molecule has 1 aliphatic rings. The van der Waals surface area contributed by atoms with Crippen LogP contribution in [0.4, 0.5) is 4.79 Å². The van der Waals surface area contributed by atoms with Crippen molar-refractivity contribution >= 4 is 11.9 Å². The second kappa shape index (κ2) is 8.29. The molecule has 0 saturated carbocycles. The fourth-order valence-electron chi connectivity index (χ4n) is 2.72. The van der Waals surface area contributed by atoms with Crippen LogP contribution in [0.2, 0.25) is 0 Å². The number of carbonyl (C=O) groups is 2. The highest BCUT2D eigenvalue weighted by atomic mass is 16.5. The van der Waals surface area contributed by atoms with E-state index in [2.05, 4.69) is 26.1 Å². The molecule has 1 aliphatic heterocycles. The fourth-order valence-corrected chi connectivity index (χ4v) is 2.72. The zero-order valence-electron chi connectivity index (χ0n) is 16.3. The van der Waals surface area contributed by atoms with E-state index >= 15 is 0 Å². The van der Waals surface area contributed by atoms with Crippen LogP contribution in [-0.4, -0.2) is 68.7 Å². The van der Waals surface area contributed by atoms with Gasteiger partial charge in [0.05, 0.1) is 19.8 Å². The minimum Gasteiger partial charge on any atom is -0.497 e. The molecule has 1 N–H and O–H groups in total. The first kappa shape index (κ1) is 19.9. The van der Waals surface area contributed by atoms with Crippen molar-refractivity contribution in [2.45, 2.75) is 20.8 Å². The Bertz CT molecular complexity index is 647. The molecule has 1 aromatic carbocycles. The van der Waals surface area contributed by atoms with Crippen molar-refractivity contribution in [2.24, 2.45) is 5.41 Å². The van der Waals surface area contributed by atoms with Crippen LogP contribution >= 0.6 is 0 Å². The Kier molecular flexibility index (Phi) is 6.34. The second-order valence-electron chi connectivity index (χ2n) is 7.56. The monoisotopic (exact) mass is 363 g/mol. The summed E-state index contributed by atoms with van der Waals surface area (Å²) in [4.78, 5) is 28.6. The Balaban J connectivity index is 1.97. The number of piperazine rings is 1. The van der Waals surface area contributed by atoms with E-state index in [1.54, 1.807) is 35.1 Å². The Morgan fingerprint density at radius 1 is 1.04 bits per heavy atom. The van der Waals surface area contributed by atoms with Gasteiger partial charge in [0.15, 0.2) is 0 Å². The first-order valence-corrected chi connectivity index (χ1v) is 8.79. The van der Waals surface area contributed by atoms with Gasteiger partial charge in [-0.2, -0.15) is 0 Å². The van der Waals surface area contributed by atoms with Gasteiger partial charge < -0.3 is 24.6 Å². The normalized spacial score (nSPS) is 14.8. The third-order valence-electron chi connectivity index (χ3n) is 4.26. The van der Waals surface area contributed by atoms with Gasteiger partial charge in [0.1, 0.15) is 11.5 Å². The van der Waals surface area contributed by atoms with E-state index in [0.29, 0.717) is 49.8 Å². The van der Waals surface area contributed by atoms with Crippen LogP contribution in [0.15, 0.2) is 18.2 Å². The summed E-state index contributed by atoms with van der Waals surface area (Å²) in [6.45, 7) is 8.83. The number of carbonyl (C=O) groups excluding carboxylic acids is 2. The highest BCUT2D eigenvalue weighted by molar-refractivity contribution is 5.97. The van der Waals surface area contributed by atoms with E-state index in [1.807, 2.05) is 0 Å². The number of rotatable bonds is 4. The Labute approximate surface area is 155 Å². The standard InChI is InChI=1S/C19H29N3O4/c1-19(2,3)13-20-18(24)22-10-8-21(9-11-22)17(23)15-12-14(25-4)6-7-16(15)26-5/h6-7,12H,8-11,13H2,1-5H3,(H,20,24). The summed E-state index contributed by atoms with van der Waals surface area (Å²) in [5.41, 5.74) is 0.508. The summed E-state index contributed by atoms with van der Waals surface area (Å²) in [6, 6.07) is 5.09. The zero-order valence-corrected chi connectivity index (χ0v) is 16.3. The molecule has 7 nitrogen and oxygen atoms in total. The molecule has 0 aliphatic carbocycles. The molecule has 0 bridgehead atoms. The fraction of sp³-hybridized carbons (Fsp3) is 0.579. The molecule has 3 amide bonds. The third-order valence-corrected chi connectivity index (χ3v) is 4.26. The van der Waals surface area contributed by atoms with Crippen LogP contribution in [0.3, 0.4) is 0 Å². The van der Waals surface area contributed by atoms with Gasteiger partial charge in [-0.05, 0) is 23.6 Å². The van der Waals surface area contributed by atoms with Crippen LogP contribution in [0, 0.1) is 5.41 Å². The van der Waals surface area contributed by atoms with Crippen LogP contribution in [-0.2, 0) is 0 Å². The summed E-state index contributed by atoms with van der Waals surface area (Å²) in [5.74, 6) is 1.01. The number of ether oxygens (including phenoxy) is 2. The van der Waals surface area contributed by atoms with Crippen molar-refractivity contribution in [3.63, 3.8) is 0 Å². The number of nitrogens with zero attached hydrogens (tertiary/aromatic N) is 2. The average molecular weight is 363 g/mol. The lowest BCUT2D eigenvalue weighted by molar-refractivity contribution is 0.0660. The highest BCUT2D eigenvalue weighted by Crippen LogP contribution is 2.25. The molecule has 26 heavy (non-hydrogen) atoms. The maximum atomic E-state index is 12.9. The molecule has 7 heteroatoms. The van der Waals surface area contributed by atoms with Crippen molar-refractivity contribution in [1.82, 2.24) is 15.1 Å². The van der Waals surface area contributed by atoms with Crippen molar-refractivity contribution in [3.8, 4) is 11.5 Å². The lowest BCUT2D eigenvalue weighted by Crippen LogP contribution is -2.53. The van der Waals surface area contributed by atoms with Crippen LogP contribution in [0.25, 0.3) is 0 Å². The van der Waals surface area contributed by atoms with Crippen LogP contribution in [0.5, 0.6) is 11.5 Å². The highest BCUT2D eigenvalue weighted by Gasteiger charge is 2.27. The molecule has 0 spiro atoms. The molecule has 1 saturated heterocycles. The average Bonchev–Trinajstić information content (AvgIpc) is 2.64. The first-order chi connectivity index (χ1) is 12.2. The van der Waals surface area contributed by atoms with E-state index < -0.39 is 0 Å². The molecular formula is C19H29N3O4. The Morgan fingerprint density at radius 3 is 2.19 bits per heavy atom. The smallest absolute Gasteiger partial charge is 0.317 e. The summed E-state index contributed by atoms with van der Waals surface area (Å²) in [7, 11) is 3.10. The second-order valence-corrected chi connectivity index (χ2v) is 7.56. The van der Waals surface area contributed by atoms with Gasteiger partial charge >= 0.3 is 6.03 Å². The number of nitrogens with one attached hydrogen (secondary N) is 1. The molecule has 0 atom stereocenters. The minimum absolute atomic E-state index is 0.0381. The predicted molar refractivity (Wildman–Crippen MR) is 99.9 cm³/mol. The van der Waals surface area contributed by atoms with Crippen molar-refractivity contribution in [3.05, 3.63) is 23.8 Å². The van der Waals surface area contributed by atoms with E-state index in [4.69, 9.17) is 9.47 Å². The SMILES string of the molecule is COc1ccc(OC)c(C(=O)N2CCN(C(=O)NCC(C)(C)C)CC2)c1. The molecule has 0 aromatic heterocycles. The third kappa shape index (κ3) is 5.03. The first-order valence-electron chi connectivity index (χ1n) is 8.79.